The number of hydrogen-bond acceptors (Lipinski definition) is 5. The fourth-order valence-electron chi connectivity index (χ4n) is 7.62. The van der Waals surface area contributed by atoms with E-state index in [1.54, 1.807) is 0 Å². The lowest BCUT2D eigenvalue weighted by Crippen LogP contribution is -2.35. The topological polar surface area (TPSA) is 108 Å². The molecule has 2 heterocycles. The number of rotatable bonds is 18. The highest BCUT2D eigenvalue weighted by Gasteiger charge is 2.23. The van der Waals surface area contributed by atoms with Crippen LogP contribution in [0.4, 0.5) is 4.79 Å². The summed E-state index contributed by atoms with van der Waals surface area (Å²) in [6.45, 7) is 8.52. The molecule has 0 unspecified atom stereocenters. The summed E-state index contributed by atoms with van der Waals surface area (Å²) in [6.07, 6.45) is 10.1. The summed E-state index contributed by atoms with van der Waals surface area (Å²) in [5.74, 6) is 1.69. The van der Waals surface area contributed by atoms with Crippen LogP contribution in [0.15, 0.2) is 146 Å². The van der Waals surface area contributed by atoms with Gasteiger partial charge >= 0.3 is 6.09 Å². The zero-order valence-corrected chi connectivity index (χ0v) is 35.4. The Kier molecular flexibility index (Phi) is 14.1. The van der Waals surface area contributed by atoms with Gasteiger partial charge in [-0.15, -0.1) is 0 Å². The summed E-state index contributed by atoms with van der Waals surface area (Å²) < 4.78 is 5.59. The molecule has 0 fully saturated rings. The Morgan fingerprint density at radius 1 is 0.633 bits per heavy atom. The average Bonchev–Trinajstić information content (AvgIpc) is 3.97. The molecule has 8 nitrogen and oxygen atoms in total. The minimum Gasteiger partial charge on any atom is -0.444 e. The maximum atomic E-state index is 12.8. The Morgan fingerprint density at radius 3 is 1.83 bits per heavy atom. The lowest BCUT2D eigenvalue weighted by Gasteiger charge is -2.22. The molecule has 8 heteroatoms. The molecular formula is C52H58N6O2. The number of alkyl carbamates (subject to hydrolysis) is 1. The van der Waals surface area contributed by atoms with Gasteiger partial charge in [0.1, 0.15) is 17.2 Å². The van der Waals surface area contributed by atoms with Crippen molar-refractivity contribution in [2.45, 2.75) is 96.9 Å². The molecular weight excluding hydrogens is 741 g/mol. The first-order valence-electron chi connectivity index (χ1n) is 21.4. The van der Waals surface area contributed by atoms with Crippen LogP contribution < -0.4 is 10.6 Å². The summed E-state index contributed by atoms with van der Waals surface area (Å²) in [6, 6.07) is 46.7. The van der Waals surface area contributed by atoms with Crippen molar-refractivity contribution in [1.29, 1.82) is 0 Å². The van der Waals surface area contributed by atoms with E-state index in [2.05, 4.69) is 155 Å². The molecule has 2 atom stereocenters. The van der Waals surface area contributed by atoms with Crippen LogP contribution in [0.5, 0.6) is 0 Å². The number of carbonyl (C=O) groups is 1. The van der Waals surface area contributed by atoms with Crippen LogP contribution in [0.25, 0.3) is 44.8 Å². The van der Waals surface area contributed by atoms with Crippen molar-refractivity contribution < 1.29 is 9.53 Å². The number of unbranched alkanes of at least 4 members (excludes halogenated alkanes) is 2. The molecule has 60 heavy (non-hydrogen) atoms. The van der Waals surface area contributed by atoms with Crippen molar-refractivity contribution in [3.8, 4) is 44.8 Å². The number of aryl methyl sites for hydroxylation is 1. The van der Waals surface area contributed by atoms with E-state index in [9.17, 15) is 4.79 Å². The van der Waals surface area contributed by atoms with E-state index in [1.807, 2.05) is 39.2 Å². The van der Waals surface area contributed by atoms with Crippen LogP contribution >= 0.6 is 0 Å². The van der Waals surface area contributed by atoms with Gasteiger partial charge in [0.25, 0.3) is 0 Å². The zero-order valence-electron chi connectivity index (χ0n) is 35.4. The third-order valence-corrected chi connectivity index (χ3v) is 10.8. The molecule has 0 saturated heterocycles. The van der Waals surface area contributed by atoms with Gasteiger partial charge in [0.15, 0.2) is 0 Å². The third kappa shape index (κ3) is 11.5. The lowest BCUT2D eigenvalue weighted by atomic mass is 9.93. The Labute approximate surface area is 355 Å². The standard InChI is InChI=1S/C52H58N6O2/c1-5-6-25-46(58-51(59)60-52(2,3)4)50-55-36-48(57-50)43-31-32-44(40-22-14-9-15-23-40)42(33-43)24-16-17-26-45(53-34-37-18-10-7-11-19-37)49-54-35-47(56-49)41-29-27-39(28-30-41)38-20-12-8-13-21-38/h7-15,18-23,27-33,35-36,45-46,53H,5-6,16-17,24-26,34H2,1-4H3,(H,54,56)(H,55,57)(H,58,59)/t45-,46+/m0/s1. The number of ether oxygens (including phenoxy) is 1. The Hall–Kier alpha value is -6.25. The first-order chi connectivity index (χ1) is 29.2. The molecule has 0 saturated carbocycles. The second-order valence-corrected chi connectivity index (χ2v) is 16.5. The van der Waals surface area contributed by atoms with Crippen LogP contribution in [0, 0.1) is 0 Å². The molecule has 7 rings (SSSR count). The highest BCUT2D eigenvalue weighted by atomic mass is 16.6. The second-order valence-electron chi connectivity index (χ2n) is 16.5. The number of nitrogens with zero attached hydrogens (tertiary/aromatic N) is 2. The maximum Gasteiger partial charge on any atom is 0.408 e. The Morgan fingerprint density at radius 2 is 1.18 bits per heavy atom. The Balaban J connectivity index is 1.07. The molecule has 0 bridgehead atoms. The molecule has 4 N–H and O–H groups in total. The van der Waals surface area contributed by atoms with Gasteiger partial charge in [-0.3, -0.25) is 0 Å². The van der Waals surface area contributed by atoms with Gasteiger partial charge in [-0.05, 0) is 85.9 Å². The number of hydrogen-bond donors (Lipinski definition) is 4. The van der Waals surface area contributed by atoms with E-state index in [0.29, 0.717) is 0 Å². The van der Waals surface area contributed by atoms with E-state index < -0.39 is 11.7 Å². The molecule has 2 aromatic heterocycles. The molecule has 7 aromatic rings. The van der Waals surface area contributed by atoms with Gasteiger partial charge in [0.2, 0.25) is 0 Å². The van der Waals surface area contributed by atoms with Crippen LogP contribution in [-0.2, 0) is 17.7 Å². The molecule has 0 spiro atoms. The maximum absolute atomic E-state index is 12.8. The van der Waals surface area contributed by atoms with Gasteiger partial charge in [-0.25, -0.2) is 14.8 Å². The molecule has 5 aromatic carbocycles. The monoisotopic (exact) mass is 798 g/mol. The Bertz CT molecular complexity index is 2380. The minimum atomic E-state index is -0.580. The van der Waals surface area contributed by atoms with Crippen molar-refractivity contribution in [2.75, 3.05) is 0 Å². The lowest BCUT2D eigenvalue weighted by molar-refractivity contribution is 0.0498. The number of imidazole rings is 2. The minimum absolute atomic E-state index is 0.0555. The van der Waals surface area contributed by atoms with E-state index in [-0.39, 0.29) is 12.1 Å². The summed E-state index contributed by atoms with van der Waals surface area (Å²) in [5, 5.41) is 6.88. The predicted octanol–water partition coefficient (Wildman–Crippen LogP) is 12.8. The number of aromatic nitrogens is 4. The average molecular weight is 799 g/mol. The highest BCUT2D eigenvalue weighted by molar-refractivity contribution is 5.73. The fraction of sp³-hybridized carbons (Fsp3) is 0.288. The summed E-state index contributed by atoms with van der Waals surface area (Å²) in [7, 11) is 0. The zero-order chi connectivity index (χ0) is 41.7. The summed E-state index contributed by atoms with van der Waals surface area (Å²) in [5.41, 5.74) is 10.7. The smallest absolute Gasteiger partial charge is 0.408 e. The summed E-state index contributed by atoms with van der Waals surface area (Å²) >= 11 is 0. The first-order valence-corrected chi connectivity index (χ1v) is 21.4. The normalized spacial score (nSPS) is 12.5. The van der Waals surface area contributed by atoms with Crippen molar-refractivity contribution in [3.05, 3.63) is 169 Å². The number of H-pyrrole nitrogens is 2. The van der Waals surface area contributed by atoms with Crippen LogP contribution in [0.1, 0.15) is 101 Å². The molecule has 0 aliphatic carbocycles. The van der Waals surface area contributed by atoms with Gasteiger partial charge < -0.3 is 25.3 Å². The van der Waals surface area contributed by atoms with Gasteiger partial charge in [-0.2, -0.15) is 0 Å². The van der Waals surface area contributed by atoms with E-state index in [0.717, 1.165) is 85.7 Å². The number of amides is 1. The van der Waals surface area contributed by atoms with E-state index >= 15 is 0 Å². The molecule has 0 radical (unpaired) electrons. The largest absolute Gasteiger partial charge is 0.444 e. The van der Waals surface area contributed by atoms with Crippen molar-refractivity contribution >= 4 is 6.09 Å². The van der Waals surface area contributed by atoms with Crippen LogP contribution in [0.2, 0.25) is 0 Å². The van der Waals surface area contributed by atoms with Crippen molar-refractivity contribution in [1.82, 2.24) is 30.6 Å². The summed E-state index contributed by atoms with van der Waals surface area (Å²) in [4.78, 5) is 29.8. The van der Waals surface area contributed by atoms with E-state index in [4.69, 9.17) is 14.7 Å². The molecule has 0 aliphatic rings. The number of benzene rings is 5. The highest BCUT2D eigenvalue weighted by Crippen LogP contribution is 2.32. The first kappa shape index (κ1) is 41.9. The fourth-order valence-corrected chi connectivity index (χ4v) is 7.62. The van der Waals surface area contributed by atoms with Gasteiger partial charge in [0.05, 0.1) is 23.5 Å². The SMILES string of the molecule is CCCC[C@@H](NC(=O)OC(C)(C)C)c1nc(-c2ccc(-c3ccccc3)c(CCCC[C@H](NCc3ccccc3)c3nc(-c4ccc(-c5ccccc5)cc4)c[nH]3)c2)c[nH]1. The molecule has 1 amide bonds. The van der Waals surface area contributed by atoms with Crippen molar-refractivity contribution in [2.24, 2.45) is 0 Å². The van der Waals surface area contributed by atoms with Crippen LogP contribution in [0.3, 0.4) is 0 Å². The van der Waals surface area contributed by atoms with Gasteiger partial charge in [0, 0.05) is 30.1 Å². The molecule has 308 valence electrons. The molecule has 0 aliphatic heterocycles. The van der Waals surface area contributed by atoms with Crippen molar-refractivity contribution in [3.63, 3.8) is 0 Å². The third-order valence-electron chi connectivity index (χ3n) is 10.8. The number of nitrogens with one attached hydrogen (secondary N) is 4. The van der Waals surface area contributed by atoms with Crippen LogP contribution in [-0.4, -0.2) is 31.6 Å². The predicted molar refractivity (Wildman–Crippen MR) is 244 cm³/mol. The van der Waals surface area contributed by atoms with Gasteiger partial charge in [-0.1, -0.05) is 154 Å². The number of carbonyl (C=O) groups excluding carboxylic acids is 1. The number of aromatic amines is 2. The second kappa shape index (κ2) is 20.1. The quantitative estimate of drug-likeness (QED) is 0.0647. The van der Waals surface area contributed by atoms with E-state index in [1.165, 1.54) is 33.4 Å².